The average molecular weight is 106 g/mol. The van der Waals surface area contributed by atoms with Crippen molar-refractivity contribution in [3.63, 3.8) is 0 Å². The SMILES string of the molecule is O=C1C2=CCC23CC13. The van der Waals surface area contributed by atoms with Crippen molar-refractivity contribution in [2.24, 2.45) is 11.3 Å². The van der Waals surface area contributed by atoms with Crippen molar-refractivity contribution < 1.29 is 4.79 Å². The first-order chi connectivity index (χ1) is 3.84. The summed E-state index contributed by atoms with van der Waals surface area (Å²) in [6, 6.07) is 0. The Morgan fingerprint density at radius 2 is 2.62 bits per heavy atom. The van der Waals surface area contributed by atoms with Crippen LogP contribution >= 0.6 is 0 Å². The number of hydrogen-bond donors (Lipinski definition) is 0. The summed E-state index contributed by atoms with van der Waals surface area (Å²) in [7, 11) is 0. The van der Waals surface area contributed by atoms with Gasteiger partial charge in [-0.2, -0.15) is 0 Å². The Kier molecular flexibility index (Phi) is 0.266. The molecule has 0 amide bonds. The quantitative estimate of drug-likeness (QED) is 0.448. The predicted molar refractivity (Wildman–Crippen MR) is 28.2 cm³/mol. The van der Waals surface area contributed by atoms with Gasteiger partial charge in [0.1, 0.15) is 0 Å². The monoisotopic (exact) mass is 106 g/mol. The van der Waals surface area contributed by atoms with Crippen LogP contribution in [0, 0.1) is 11.3 Å². The summed E-state index contributed by atoms with van der Waals surface area (Å²) in [6.07, 6.45) is 4.49. The molecule has 8 heavy (non-hydrogen) atoms. The van der Waals surface area contributed by atoms with E-state index in [-0.39, 0.29) is 0 Å². The van der Waals surface area contributed by atoms with E-state index in [9.17, 15) is 4.79 Å². The zero-order valence-corrected chi connectivity index (χ0v) is 4.48. The molecule has 0 saturated heterocycles. The summed E-state index contributed by atoms with van der Waals surface area (Å²) >= 11 is 0. The molecule has 40 valence electrons. The van der Waals surface area contributed by atoms with E-state index >= 15 is 0 Å². The summed E-state index contributed by atoms with van der Waals surface area (Å²) in [5.74, 6) is 0.957. The van der Waals surface area contributed by atoms with E-state index in [1.165, 1.54) is 18.4 Å². The first-order valence-electron chi connectivity index (χ1n) is 3.09. The fourth-order valence-corrected chi connectivity index (χ4v) is 2.09. The zero-order valence-electron chi connectivity index (χ0n) is 4.48. The molecule has 0 aliphatic heterocycles. The van der Waals surface area contributed by atoms with Gasteiger partial charge in [0, 0.05) is 11.3 Å². The second-order valence-electron chi connectivity index (χ2n) is 3.10. The summed E-state index contributed by atoms with van der Waals surface area (Å²) in [5, 5.41) is 0. The van der Waals surface area contributed by atoms with E-state index in [0.717, 1.165) is 0 Å². The number of Topliss-reactive ketones (excluding diaryl/α,β-unsaturated/α-hetero) is 1. The van der Waals surface area contributed by atoms with E-state index in [0.29, 0.717) is 17.1 Å². The van der Waals surface area contributed by atoms with Gasteiger partial charge in [0.15, 0.2) is 5.78 Å². The van der Waals surface area contributed by atoms with Crippen molar-refractivity contribution in [1.82, 2.24) is 0 Å². The molecule has 1 spiro atoms. The largest absolute Gasteiger partial charge is 0.294 e. The third-order valence-electron chi connectivity index (χ3n) is 2.86. The highest BCUT2D eigenvalue weighted by molar-refractivity contribution is 6.12. The van der Waals surface area contributed by atoms with Crippen LogP contribution in [0.25, 0.3) is 0 Å². The average Bonchev–Trinajstić information content (AvgIpc) is 2.35. The van der Waals surface area contributed by atoms with Crippen LogP contribution in [0.2, 0.25) is 0 Å². The molecule has 2 unspecified atom stereocenters. The lowest BCUT2D eigenvalue weighted by molar-refractivity contribution is -0.122. The van der Waals surface area contributed by atoms with E-state index in [1.807, 2.05) is 0 Å². The molecule has 0 radical (unpaired) electrons. The van der Waals surface area contributed by atoms with Gasteiger partial charge in [0.05, 0.1) is 0 Å². The van der Waals surface area contributed by atoms with Gasteiger partial charge in [0.25, 0.3) is 0 Å². The van der Waals surface area contributed by atoms with Crippen LogP contribution in [0.15, 0.2) is 11.6 Å². The molecule has 2 saturated carbocycles. The standard InChI is InChI=1S/C7H6O/c8-6-4-1-2-7(4)3-5(6)7/h1,5H,2-3H2. The van der Waals surface area contributed by atoms with Crippen LogP contribution in [0.3, 0.4) is 0 Å². The molecule has 3 aliphatic rings. The lowest BCUT2D eigenvalue weighted by Crippen LogP contribution is -2.35. The zero-order chi connectivity index (χ0) is 5.35. The number of carbonyl (C=O) groups excluding carboxylic acids is 1. The molecule has 0 bridgehead atoms. The lowest BCUT2D eigenvalue weighted by Gasteiger charge is -2.34. The highest BCUT2D eigenvalue weighted by atomic mass is 16.1. The van der Waals surface area contributed by atoms with Crippen LogP contribution in [0.4, 0.5) is 0 Å². The van der Waals surface area contributed by atoms with E-state index < -0.39 is 0 Å². The van der Waals surface area contributed by atoms with Crippen molar-refractivity contribution in [2.45, 2.75) is 12.8 Å². The molecule has 1 nitrogen and oxygen atoms in total. The summed E-state index contributed by atoms with van der Waals surface area (Å²) in [5.41, 5.74) is 1.68. The van der Waals surface area contributed by atoms with Crippen LogP contribution in [-0.4, -0.2) is 5.78 Å². The molecule has 0 heterocycles. The van der Waals surface area contributed by atoms with Crippen molar-refractivity contribution in [3.8, 4) is 0 Å². The minimum atomic E-state index is 0.455. The topological polar surface area (TPSA) is 17.1 Å². The molecular weight excluding hydrogens is 100 g/mol. The number of hydrogen-bond acceptors (Lipinski definition) is 1. The molecule has 0 aromatic carbocycles. The van der Waals surface area contributed by atoms with Crippen LogP contribution in [0.5, 0.6) is 0 Å². The maximum atomic E-state index is 10.8. The van der Waals surface area contributed by atoms with Gasteiger partial charge in [-0.05, 0) is 18.4 Å². The summed E-state index contributed by atoms with van der Waals surface area (Å²) in [4.78, 5) is 10.8. The van der Waals surface area contributed by atoms with Crippen LogP contribution in [0.1, 0.15) is 12.8 Å². The van der Waals surface area contributed by atoms with Crippen LogP contribution < -0.4 is 0 Å². The molecule has 0 aromatic heterocycles. The third kappa shape index (κ3) is 0.130. The second kappa shape index (κ2) is 0.619. The van der Waals surface area contributed by atoms with Gasteiger partial charge in [-0.3, -0.25) is 4.79 Å². The number of allylic oxidation sites excluding steroid dienone is 2. The first kappa shape index (κ1) is 3.44. The van der Waals surface area contributed by atoms with Crippen molar-refractivity contribution in [2.75, 3.05) is 0 Å². The molecular formula is C7H6O. The molecule has 3 aliphatic carbocycles. The summed E-state index contributed by atoms with van der Waals surface area (Å²) in [6.45, 7) is 0. The highest BCUT2D eigenvalue weighted by Crippen LogP contribution is 2.75. The molecule has 1 heteroatoms. The Labute approximate surface area is 47.4 Å². The maximum absolute atomic E-state index is 10.8. The Morgan fingerprint density at radius 3 is 2.75 bits per heavy atom. The van der Waals surface area contributed by atoms with Gasteiger partial charge in [0.2, 0.25) is 0 Å². The fraction of sp³-hybridized carbons (Fsp3) is 0.571. The van der Waals surface area contributed by atoms with E-state index in [1.54, 1.807) is 0 Å². The number of rotatable bonds is 0. The first-order valence-corrected chi connectivity index (χ1v) is 3.09. The van der Waals surface area contributed by atoms with Crippen LogP contribution in [-0.2, 0) is 4.79 Å². The van der Waals surface area contributed by atoms with Crippen molar-refractivity contribution >= 4 is 5.78 Å². The second-order valence-corrected chi connectivity index (χ2v) is 3.10. The van der Waals surface area contributed by atoms with E-state index in [2.05, 4.69) is 6.08 Å². The summed E-state index contributed by atoms with van der Waals surface area (Å²) < 4.78 is 0. The number of carbonyl (C=O) groups is 1. The molecule has 0 N–H and O–H groups in total. The Bertz CT molecular complexity index is 227. The van der Waals surface area contributed by atoms with Gasteiger partial charge in [-0.1, -0.05) is 6.08 Å². The third-order valence-corrected chi connectivity index (χ3v) is 2.86. The lowest BCUT2D eigenvalue weighted by atomic mass is 9.67. The van der Waals surface area contributed by atoms with Gasteiger partial charge >= 0.3 is 0 Å². The molecule has 0 aromatic rings. The fourth-order valence-electron chi connectivity index (χ4n) is 2.09. The smallest absolute Gasteiger partial charge is 0.163 e. The number of ketones is 1. The van der Waals surface area contributed by atoms with Crippen molar-refractivity contribution in [1.29, 1.82) is 0 Å². The highest BCUT2D eigenvalue weighted by Gasteiger charge is 2.73. The Morgan fingerprint density at radius 1 is 1.75 bits per heavy atom. The normalized spacial score (nSPS) is 54.8. The Balaban J connectivity index is 2.28. The van der Waals surface area contributed by atoms with Gasteiger partial charge < -0.3 is 0 Å². The molecule has 3 rings (SSSR count). The Hall–Kier alpha value is -0.590. The van der Waals surface area contributed by atoms with Crippen molar-refractivity contribution in [3.05, 3.63) is 11.6 Å². The molecule has 2 fully saturated rings. The van der Waals surface area contributed by atoms with E-state index in [4.69, 9.17) is 0 Å². The predicted octanol–water partition coefficient (Wildman–Crippen LogP) is 0.905. The van der Waals surface area contributed by atoms with Gasteiger partial charge in [-0.25, -0.2) is 0 Å². The molecule has 2 atom stereocenters. The minimum Gasteiger partial charge on any atom is -0.294 e. The van der Waals surface area contributed by atoms with Gasteiger partial charge in [-0.15, -0.1) is 0 Å². The maximum Gasteiger partial charge on any atom is 0.163 e. The minimum absolute atomic E-state index is 0.455.